The van der Waals surface area contributed by atoms with Crippen molar-refractivity contribution in [1.82, 2.24) is 24.4 Å². The molecular weight excluding hydrogens is 462 g/mol. The number of hydrogen-bond donors (Lipinski definition) is 2. The summed E-state index contributed by atoms with van der Waals surface area (Å²) in [4.78, 5) is 49.3. The molecule has 4 aromatic rings. The van der Waals surface area contributed by atoms with E-state index < -0.39 is 0 Å². The van der Waals surface area contributed by atoms with Crippen molar-refractivity contribution in [2.75, 3.05) is 18.8 Å². The highest BCUT2D eigenvalue weighted by atomic mass is 35.5. The minimum absolute atomic E-state index is 0.0396. The van der Waals surface area contributed by atoms with Crippen LogP contribution in [0, 0.1) is 0 Å². The second-order valence-electron chi connectivity index (χ2n) is 8.06. The Kier molecular flexibility index (Phi) is 5.99. The van der Waals surface area contributed by atoms with Gasteiger partial charge in [-0.1, -0.05) is 35.5 Å². The number of carbonyl (C=O) groups is 1. The molecule has 2 aromatic heterocycles. The fourth-order valence-electron chi connectivity index (χ4n) is 4.37. The number of aromatic amines is 2. The summed E-state index contributed by atoms with van der Waals surface area (Å²) in [6, 6.07) is 12.6. The van der Waals surface area contributed by atoms with Crippen molar-refractivity contribution in [1.29, 1.82) is 0 Å². The Balaban J connectivity index is 1.17. The largest absolute Gasteiger partial charge is 0.343 e. The van der Waals surface area contributed by atoms with E-state index in [0.717, 1.165) is 11.0 Å². The molecule has 0 atom stereocenters. The zero-order valence-corrected chi connectivity index (χ0v) is 19.3. The standard InChI is InChI=1S/C23H22ClN5O3S/c24-14-5-6-19-18(13-14)26-23(32)29(19)15-7-10-28(11-8-15)20(30)9-12-33-22-25-17-4-2-1-3-16(17)21(31)27-22/h1-6,13,15H,7-12H2,(H,26,32)(H,25,27,31). The Morgan fingerprint density at radius 1 is 1.12 bits per heavy atom. The molecule has 1 amide bonds. The predicted octanol–water partition coefficient (Wildman–Crippen LogP) is 3.57. The van der Waals surface area contributed by atoms with Gasteiger partial charge in [-0.15, -0.1) is 0 Å². The second kappa shape index (κ2) is 9.07. The van der Waals surface area contributed by atoms with Gasteiger partial charge >= 0.3 is 5.69 Å². The molecule has 1 aliphatic heterocycles. The van der Waals surface area contributed by atoms with Crippen molar-refractivity contribution >= 4 is 51.2 Å². The number of nitrogens with zero attached hydrogens (tertiary/aromatic N) is 3. The van der Waals surface area contributed by atoms with Crippen LogP contribution >= 0.6 is 23.4 Å². The molecule has 170 valence electrons. The maximum atomic E-state index is 12.7. The van der Waals surface area contributed by atoms with Gasteiger partial charge in [-0.3, -0.25) is 14.2 Å². The molecular formula is C23H22ClN5O3S. The lowest BCUT2D eigenvalue weighted by Crippen LogP contribution is -2.40. The van der Waals surface area contributed by atoms with Gasteiger partial charge in [0.05, 0.1) is 21.9 Å². The number of benzene rings is 2. The Labute approximate surface area is 198 Å². The molecule has 2 N–H and O–H groups in total. The third kappa shape index (κ3) is 4.43. The van der Waals surface area contributed by atoms with E-state index in [9.17, 15) is 14.4 Å². The molecule has 3 heterocycles. The molecule has 33 heavy (non-hydrogen) atoms. The molecule has 2 aromatic carbocycles. The number of imidazole rings is 1. The Hall–Kier alpha value is -3.04. The van der Waals surface area contributed by atoms with Crippen LogP contribution in [0.15, 0.2) is 57.2 Å². The number of piperidine rings is 1. The van der Waals surface area contributed by atoms with E-state index in [1.807, 2.05) is 17.0 Å². The predicted molar refractivity (Wildman–Crippen MR) is 130 cm³/mol. The number of likely N-dealkylation sites (tertiary alicyclic amines) is 1. The topological polar surface area (TPSA) is 104 Å². The zero-order valence-electron chi connectivity index (χ0n) is 17.7. The maximum absolute atomic E-state index is 12.7. The van der Waals surface area contributed by atoms with Crippen molar-refractivity contribution in [2.24, 2.45) is 0 Å². The zero-order chi connectivity index (χ0) is 22.9. The first-order valence-electron chi connectivity index (χ1n) is 10.8. The molecule has 0 unspecified atom stereocenters. The number of amides is 1. The average Bonchev–Trinajstić information content (AvgIpc) is 3.14. The number of rotatable bonds is 5. The summed E-state index contributed by atoms with van der Waals surface area (Å²) in [5.74, 6) is 0.602. The number of thioether (sulfide) groups is 1. The molecule has 5 rings (SSSR count). The SMILES string of the molecule is O=C(CCSc1nc2ccccc2c(=O)[nH]1)N1CCC(n2c(=O)[nH]c3cc(Cl)ccc32)CC1. The molecule has 1 saturated heterocycles. The summed E-state index contributed by atoms with van der Waals surface area (Å²) in [6.45, 7) is 1.21. The molecule has 0 bridgehead atoms. The lowest BCUT2D eigenvalue weighted by molar-refractivity contribution is -0.132. The van der Waals surface area contributed by atoms with Gasteiger partial charge in [-0.25, -0.2) is 9.78 Å². The van der Waals surface area contributed by atoms with Gasteiger partial charge in [0.1, 0.15) is 0 Å². The van der Waals surface area contributed by atoms with Gasteiger partial charge < -0.3 is 14.9 Å². The molecule has 1 aliphatic rings. The monoisotopic (exact) mass is 483 g/mol. The number of halogens is 1. The normalized spacial score (nSPS) is 14.9. The van der Waals surface area contributed by atoms with E-state index in [1.54, 1.807) is 34.9 Å². The molecule has 1 fully saturated rings. The van der Waals surface area contributed by atoms with Crippen LogP contribution in [0.1, 0.15) is 25.3 Å². The highest BCUT2D eigenvalue weighted by molar-refractivity contribution is 7.99. The van der Waals surface area contributed by atoms with Crippen molar-refractivity contribution in [3.8, 4) is 0 Å². The fraction of sp³-hybridized carbons (Fsp3) is 0.304. The van der Waals surface area contributed by atoms with E-state index in [4.69, 9.17) is 11.6 Å². The summed E-state index contributed by atoms with van der Waals surface area (Å²) < 4.78 is 1.78. The molecule has 0 aliphatic carbocycles. The minimum Gasteiger partial charge on any atom is -0.343 e. The second-order valence-corrected chi connectivity index (χ2v) is 9.58. The third-order valence-corrected chi connectivity index (χ3v) is 7.12. The van der Waals surface area contributed by atoms with E-state index in [0.29, 0.717) is 59.2 Å². The highest BCUT2D eigenvalue weighted by Gasteiger charge is 2.26. The summed E-state index contributed by atoms with van der Waals surface area (Å²) in [7, 11) is 0. The van der Waals surface area contributed by atoms with Crippen LogP contribution in [0.4, 0.5) is 0 Å². The maximum Gasteiger partial charge on any atom is 0.326 e. The summed E-state index contributed by atoms with van der Waals surface area (Å²) in [5.41, 5.74) is 1.88. The van der Waals surface area contributed by atoms with E-state index >= 15 is 0 Å². The Bertz CT molecular complexity index is 1450. The number of para-hydroxylation sites is 1. The average molecular weight is 484 g/mol. The van der Waals surface area contributed by atoms with Crippen LogP contribution in [0.3, 0.4) is 0 Å². The molecule has 10 heteroatoms. The Morgan fingerprint density at radius 3 is 2.73 bits per heavy atom. The van der Waals surface area contributed by atoms with Crippen LogP contribution in [0.2, 0.25) is 5.02 Å². The summed E-state index contributed by atoms with van der Waals surface area (Å²) >= 11 is 7.41. The highest BCUT2D eigenvalue weighted by Crippen LogP contribution is 2.26. The van der Waals surface area contributed by atoms with Crippen LogP contribution in [0.25, 0.3) is 21.9 Å². The number of fused-ring (bicyclic) bond motifs is 2. The number of aromatic nitrogens is 4. The van der Waals surface area contributed by atoms with Gasteiger partial charge in [-0.05, 0) is 43.2 Å². The lowest BCUT2D eigenvalue weighted by Gasteiger charge is -2.32. The molecule has 0 saturated carbocycles. The summed E-state index contributed by atoms with van der Waals surface area (Å²) in [6.07, 6.45) is 1.79. The van der Waals surface area contributed by atoms with Crippen molar-refractivity contribution < 1.29 is 4.79 Å². The van der Waals surface area contributed by atoms with Gasteiger partial charge in [-0.2, -0.15) is 0 Å². The first-order valence-corrected chi connectivity index (χ1v) is 12.2. The van der Waals surface area contributed by atoms with Crippen molar-refractivity contribution in [3.05, 3.63) is 68.3 Å². The van der Waals surface area contributed by atoms with Crippen LogP contribution in [-0.2, 0) is 4.79 Å². The lowest BCUT2D eigenvalue weighted by atomic mass is 10.0. The van der Waals surface area contributed by atoms with E-state index in [2.05, 4.69) is 15.0 Å². The number of H-pyrrole nitrogens is 2. The minimum atomic E-state index is -0.175. The molecule has 0 radical (unpaired) electrons. The van der Waals surface area contributed by atoms with Crippen LogP contribution in [-0.4, -0.2) is 49.2 Å². The van der Waals surface area contributed by atoms with Crippen LogP contribution in [0.5, 0.6) is 0 Å². The number of carbonyl (C=O) groups excluding carboxylic acids is 1. The van der Waals surface area contributed by atoms with Gasteiger partial charge in [0.15, 0.2) is 5.16 Å². The first kappa shape index (κ1) is 21.8. The fourth-order valence-corrected chi connectivity index (χ4v) is 5.34. The third-order valence-electron chi connectivity index (χ3n) is 6.01. The smallest absolute Gasteiger partial charge is 0.326 e. The number of nitrogens with one attached hydrogen (secondary N) is 2. The van der Waals surface area contributed by atoms with Crippen LogP contribution < -0.4 is 11.2 Å². The van der Waals surface area contributed by atoms with Gasteiger partial charge in [0.2, 0.25) is 5.91 Å². The van der Waals surface area contributed by atoms with Crippen molar-refractivity contribution in [2.45, 2.75) is 30.5 Å². The quantitative estimate of drug-likeness (QED) is 0.333. The Morgan fingerprint density at radius 2 is 1.91 bits per heavy atom. The molecule has 0 spiro atoms. The van der Waals surface area contributed by atoms with Gasteiger partial charge in [0.25, 0.3) is 5.56 Å². The van der Waals surface area contributed by atoms with Gasteiger partial charge in [0, 0.05) is 36.3 Å². The number of hydrogen-bond acceptors (Lipinski definition) is 5. The summed E-state index contributed by atoms with van der Waals surface area (Å²) in [5, 5.41) is 1.65. The molecule has 8 nitrogen and oxygen atoms in total. The first-order chi connectivity index (χ1) is 16.0. The van der Waals surface area contributed by atoms with Crippen molar-refractivity contribution in [3.63, 3.8) is 0 Å². The van der Waals surface area contributed by atoms with E-state index in [-0.39, 0.29) is 23.2 Å². The van der Waals surface area contributed by atoms with E-state index in [1.165, 1.54) is 11.8 Å².